The van der Waals surface area contributed by atoms with Gasteiger partial charge in [0, 0.05) is 10.5 Å². The summed E-state index contributed by atoms with van der Waals surface area (Å²) in [6, 6.07) is 0. The Balaban J connectivity index is 0. The van der Waals surface area contributed by atoms with Crippen molar-refractivity contribution in [2.24, 2.45) is 0 Å². The molecular formula is C3H4Cl3NO2. The molecule has 0 amide bonds. The van der Waals surface area contributed by atoms with Gasteiger partial charge >= 0.3 is 0 Å². The van der Waals surface area contributed by atoms with Gasteiger partial charge in [-0.3, -0.25) is 10.1 Å². The van der Waals surface area contributed by atoms with Crippen LogP contribution in [0.5, 0.6) is 0 Å². The van der Waals surface area contributed by atoms with Crippen LogP contribution in [0.2, 0.25) is 0 Å². The van der Waals surface area contributed by atoms with E-state index in [1.165, 1.54) is 0 Å². The van der Waals surface area contributed by atoms with E-state index in [1.807, 2.05) is 0 Å². The highest BCUT2D eigenvalue weighted by atomic mass is 35.5. The normalized spacial score (nSPS) is 6.67. The van der Waals surface area contributed by atoms with Crippen LogP contribution in [0.4, 0.5) is 0 Å². The van der Waals surface area contributed by atoms with Crippen LogP contribution in [0.1, 0.15) is 0 Å². The minimum atomic E-state index is -0.500. The largest absolute Gasteiger partial charge is 0.265 e. The van der Waals surface area contributed by atoms with Gasteiger partial charge in [0.25, 0.3) is 0 Å². The zero-order valence-corrected chi connectivity index (χ0v) is 6.74. The van der Waals surface area contributed by atoms with Crippen molar-refractivity contribution in [3.05, 3.63) is 20.1 Å². The molecule has 3 nitrogen and oxygen atoms in total. The van der Waals surface area contributed by atoms with Gasteiger partial charge in [0.1, 0.15) is 4.49 Å². The molecule has 0 N–H and O–H groups in total. The van der Waals surface area contributed by atoms with Crippen molar-refractivity contribution in [2.75, 3.05) is 7.05 Å². The van der Waals surface area contributed by atoms with Crippen molar-refractivity contribution >= 4 is 34.8 Å². The van der Waals surface area contributed by atoms with E-state index in [0.29, 0.717) is 0 Å². The summed E-state index contributed by atoms with van der Waals surface area (Å²) >= 11 is 14.8. The Kier molecular flexibility index (Phi) is 10.5. The van der Waals surface area contributed by atoms with Gasteiger partial charge in [-0.15, -0.1) is 0 Å². The molecule has 0 aromatic rings. The molecule has 0 fully saturated rings. The number of rotatable bonds is 0. The smallest absolute Gasteiger partial charge is 0.194 e. The van der Waals surface area contributed by atoms with Gasteiger partial charge in [-0.25, -0.2) is 0 Å². The van der Waals surface area contributed by atoms with E-state index in [-0.39, 0.29) is 4.49 Å². The summed E-state index contributed by atoms with van der Waals surface area (Å²) in [5.74, 6) is 0. The topological polar surface area (TPSA) is 43.1 Å². The fraction of sp³-hybridized carbons (Fsp3) is 0.333. The van der Waals surface area contributed by atoms with Crippen molar-refractivity contribution in [3.8, 4) is 0 Å². The van der Waals surface area contributed by atoms with E-state index >= 15 is 0 Å². The van der Waals surface area contributed by atoms with Crippen LogP contribution in [-0.4, -0.2) is 12.0 Å². The van der Waals surface area contributed by atoms with Crippen molar-refractivity contribution < 1.29 is 4.92 Å². The molecule has 0 aromatic carbocycles. The molecule has 0 radical (unpaired) electrons. The molecule has 0 saturated heterocycles. The summed E-state index contributed by atoms with van der Waals surface area (Å²) in [6.45, 7) is 0. The standard InChI is InChI=1S/C2HCl3.CH3NO2/c3-1-2(4)5;1-2(3)4/h1H;1H3. The number of hydrogen-bond donors (Lipinski definition) is 0. The van der Waals surface area contributed by atoms with E-state index in [0.717, 1.165) is 12.6 Å². The zero-order chi connectivity index (χ0) is 7.86. The van der Waals surface area contributed by atoms with Crippen molar-refractivity contribution in [1.29, 1.82) is 0 Å². The monoisotopic (exact) mass is 191 g/mol. The highest BCUT2D eigenvalue weighted by molar-refractivity contribution is 6.58. The molecule has 0 aliphatic heterocycles. The van der Waals surface area contributed by atoms with Crippen LogP contribution in [0.15, 0.2) is 10.0 Å². The third kappa shape index (κ3) is 71.6. The van der Waals surface area contributed by atoms with Gasteiger partial charge in [-0.2, -0.15) is 0 Å². The average molecular weight is 192 g/mol. The second-order valence-electron chi connectivity index (χ2n) is 0.838. The maximum absolute atomic E-state index is 8.81. The molecule has 0 aromatic heterocycles. The third-order valence-corrected chi connectivity index (χ3v) is 0.742. The molecule has 0 bridgehead atoms. The SMILES string of the molecule is C[N+](=O)[O-].ClC=C(Cl)Cl. The second kappa shape index (κ2) is 8.01. The molecule has 0 unspecified atom stereocenters. The summed E-state index contributed by atoms with van der Waals surface area (Å²) in [7, 11) is 0.889. The van der Waals surface area contributed by atoms with Gasteiger partial charge in [0.15, 0.2) is 7.05 Å². The van der Waals surface area contributed by atoms with Crippen LogP contribution in [0.25, 0.3) is 0 Å². The maximum Gasteiger partial charge on any atom is 0.194 e. The summed E-state index contributed by atoms with van der Waals surface area (Å²) < 4.78 is 0.0895. The zero-order valence-electron chi connectivity index (χ0n) is 4.47. The Hall–Kier alpha value is 0.01000. The number of hydrogen-bond acceptors (Lipinski definition) is 2. The molecule has 0 rings (SSSR count). The highest BCUT2D eigenvalue weighted by Gasteiger charge is 1.70. The number of nitro groups is 1. The number of nitrogens with zero attached hydrogens (tertiary/aromatic N) is 1. The van der Waals surface area contributed by atoms with E-state index in [1.54, 1.807) is 0 Å². The quantitative estimate of drug-likeness (QED) is 0.437. The van der Waals surface area contributed by atoms with Gasteiger partial charge in [-0.1, -0.05) is 34.8 Å². The fourth-order valence-corrected chi connectivity index (χ4v) is 0. The minimum Gasteiger partial charge on any atom is -0.265 e. The van der Waals surface area contributed by atoms with E-state index in [9.17, 15) is 0 Å². The minimum absolute atomic E-state index is 0.0895. The first kappa shape index (κ1) is 11.8. The van der Waals surface area contributed by atoms with Gasteiger partial charge in [0.05, 0.1) is 0 Å². The van der Waals surface area contributed by atoms with E-state index in [2.05, 4.69) is 0 Å². The van der Waals surface area contributed by atoms with E-state index < -0.39 is 4.92 Å². The molecule has 0 aliphatic carbocycles. The third-order valence-electron chi connectivity index (χ3n) is 0.0825. The van der Waals surface area contributed by atoms with Crippen LogP contribution in [0, 0.1) is 10.1 Å². The molecule has 54 valence electrons. The molecule has 0 spiro atoms. The fourth-order valence-electron chi connectivity index (χ4n) is 0. The summed E-state index contributed by atoms with van der Waals surface area (Å²) in [6.07, 6.45) is 0. The Morgan fingerprint density at radius 1 is 1.67 bits per heavy atom. The highest BCUT2D eigenvalue weighted by Crippen LogP contribution is 2.05. The van der Waals surface area contributed by atoms with Gasteiger partial charge in [0.2, 0.25) is 0 Å². The van der Waals surface area contributed by atoms with Crippen molar-refractivity contribution in [1.82, 2.24) is 0 Å². The Labute approximate surface area is 67.3 Å². The molecule has 0 atom stereocenters. The lowest BCUT2D eigenvalue weighted by Gasteiger charge is -1.64. The van der Waals surface area contributed by atoms with Crippen LogP contribution < -0.4 is 0 Å². The molecule has 0 saturated carbocycles. The maximum atomic E-state index is 8.81. The number of halogens is 3. The summed E-state index contributed by atoms with van der Waals surface area (Å²) in [5.41, 5.74) is 1.09. The predicted octanol–water partition coefficient (Wildman–Crippen LogP) is 2.39. The first-order valence-corrected chi connectivity index (χ1v) is 2.89. The van der Waals surface area contributed by atoms with Crippen LogP contribution >= 0.6 is 34.8 Å². The molecule has 0 heterocycles. The average Bonchev–Trinajstić information content (AvgIpc) is 1.65. The van der Waals surface area contributed by atoms with E-state index in [4.69, 9.17) is 44.9 Å². The second-order valence-corrected chi connectivity index (χ2v) is 2.06. The molecule has 0 aliphatic rings. The van der Waals surface area contributed by atoms with Crippen molar-refractivity contribution in [3.63, 3.8) is 0 Å². The summed E-state index contributed by atoms with van der Waals surface area (Å²) in [5, 5.41) is 8.81. The Morgan fingerprint density at radius 2 is 1.78 bits per heavy atom. The van der Waals surface area contributed by atoms with Gasteiger partial charge in [-0.05, 0) is 0 Å². The van der Waals surface area contributed by atoms with Crippen LogP contribution in [-0.2, 0) is 0 Å². The molecule has 6 heteroatoms. The van der Waals surface area contributed by atoms with Crippen LogP contribution in [0.3, 0.4) is 0 Å². The first-order valence-electron chi connectivity index (χ1n) is 1.70. The first-order chi connectivity index (χ1) is 4.00. The molecule has 9 heavy (non-hydrogen) atoms. The lowest BCUT2D eigenvalue weighted by molar-refractivity contribution is -0.445. The lowest BCUT2D eigenvalue weighted by Crippen LogP contribution is -1.79. The lowest BCUT2D eigenvalue weighted by atomic mass is 11.2. The Morgan fingerprint density at radius 3 is 1.78 bits per heavy atom. The summed E-state index contributed by atoms with van der Waals surface area (Å²) in [4.78, 5) is 8.31. The predicted molar refractivity (Wildman–Crippen MR) is 38.6 cm³/mol. The van der Waals surface area contributed by atoms with Crippen molar-refractivity contribution in [2.45, 2.75) is 0 Å². The Bertz CT molecular complexity index is 106. The van der Waals surface area contributed by atoms with Gasteiger partial charge < -0.3 is 0 Å². The molecular weight excluding hydrogens is 188 g/mol.